The molecule has 0 aliphatic rings. The lowest BCUT2D eigenvalue weighted by atomic mass is 10.2. The second kappa shape index (κ2) is 4.56. The zero-order chi connectivity index (χ0) is 9.68. The van der Waals surface area contributed by atoms with Gasteiger partial charge in [0, 0.05) is 19.5 Å². The van der Waals surface area contributed by atoms with Crippen molar-refractivity contribution in [1.29, 1.82) is 0 Å². The number of alkyl halides is 1. The predicted molar refractivity (Wildman–Crippen MR) is 48.8 cm³/mol. The van der Waals surface area contributed by atoms with E-state index in [9.17, 15) is 4.39 Å². The molecule has 0 saturated heterocycles. The molecule has 0 radical (unpaired) electrons. The van der Waals surface area contributed by atoms with Gasteiger partial charge in [0.05, 0.1) is 12.3 Å². The Hall–Kier alpha value is -1.43. The molecule has 0 spiro atoms. The fraction of sp³-hybridized carbons (Fsp3) is 0.400. The number of hydrogen-bond donors (Lipinski definition) is 0. The van der Waals surface area contributed by atoms with Crippen LogP contribution in [0.1, 0.15) is 5.76 Å². The average molecular weight is 181 g/mol. The van der Waals surface area contributed by atoms with Gasteiger partial charge >= 0.3 is 0 Å². The Labute approximate surface area is 77.3 Å². The topological polar surface area (TPSA) is 16.4 Å². The molecule has 0 aliphatic carbocycles. The Bertz CT molecular complexity index is 276. The van der Waals surface area contributed by atoms with E-state index in [1.54, 1.807) is 19.4 Å². The van der Waals surface area contributed by atoms with Gasteiger partial charge in [-0.2, -0.15) is 0 Å². The highest BCUT2D eigenvalue weighted by Crippen LogP contribution is 2.08. The summed E-state index contributed by atoms with van der Waals surface area (Å²) in [7, 11) is 1.69. The summed E-state index contributed by atoms with van der Waals surface area (Å²) < 4.78 is 17.6. The van der Waals surface area contributed by atoms with Gasteiger partial charge in [-0.1, -0.05) is 6.42 Å². The maximum absolute atomic E-state index is 12.5. The van der Waals surface area contributed by atoms with Crippen molar-refractivity contribution in [2.45, 2.75) is 12.5 Å². The summed E-state index contributed by atoms with van der Waals surface area (Å²) in [4.78, 5) is 1.52. The van der Waals surface area contributed by atoms with Gasteiger partial charge in [-0.25, -0.2) is 4.39 Å². The summed E-state index contributed by atoms with van der Waals surface area (Å²) in [5.41, 5.74) is 0. The quantitative estimate of drug-likeness (QED) is 0.519. The van der Waals surface area contributed by atoms with Crippen LogP contribution in [0.15, 0.2) is 22.8 Å². The number of halogens is 1. The Morgan fingerprint density at radius 1 is 1.77 bits per heavy atom. The number of furan rings is 1. The highest BCUT2D eigenvalue weighted by atomic mass is 19.1. The van der Waals surface area contributed by atoms with Crippen molar-refractivity contribution < 1.29 is 8.81 Å². The zero-order valence-electron chi connectivity index (χ0n) is 7.53. The summed E-state index contributed by atoms with van der Waals surface area (Å²) in [5, 5.41) is 0. The van der Waals surface area contributed by atoms with Crippen molar-refractivity contribution in [3.05, 3.63) is 24.2 Å². The maximum atomic E-state index is 12.5. The first-order chi connectivity index (χ1) is 6.27. The standard InChI is InChI=1S/C10H12FNO/c1-3-12(2)9(8-11)7-10-5-4-6-13-10/h1,4-6,9H,7-8H2,2H3. The number of nitrogens with zero attached hydrogens (tertiary/aromatic N) is 1. The third kappa shape index (κ3) is 2.51. The van der Waals surface area contributed by atoms with Gasteiger partial charge in [-0.3, -0.25) is 0 Å². The molecule has 0 bridgehead atoms. The summed E-state index contributed by atoms with van der Waals surface area (Å²) in [6, 6.07) is 5.68. The van der Waals surface area contributed by atoms with Crippen LogP contribution in [0, 0.1) is 12.5 Å². The molecule has 0 fully saturated rings. The third-order valence-corrected chi connectivity index (χ3v) is 1.95. The lowest BCUT2D eigenvalue weighted by molar-refractivity contribution is 0.263. The molecular weight excluding hydrogens is 169 g/mol. The van der Waals surface area contributed by atoms with Crippen molar-refractivity contribution in [3.8, 4) is 12.5 Å². The van der Waals surface area contributed by atoms with Crippen LogP contribution in [0.3, 0.4) is 0 Å². The van der Waals surface area contributed by atoms with Crippen LogP contribution in [0.5, 0.6) is 0 Å². The number of terminal acetylenes is 1. The van der Waals surface area contributed by atoms with Crippen molar-refractivity contribution in [2.75, 3.05) is 13.7 Å². The average Bonchev–Trinajstić information content (AvgIpc) is 2.65. The molecule has 13 heavy (non-hydrogen) atoms. The number of likely N-dealkylation sites (N-methyl/N-ethyl adjacent to an activating group) is 1. The van der Waals surface area contributed by atoms with E-state index < -0.39 is 6.67 Å². The molecule has 0 aromatic carbocycles. The van der Waals surface area contributed by atoms with E-state index in [-0.39, 0.29) is 6.04 Å². The lowest BCUT2D eigenvalue weighted by Gasteiger charge is -2.20. The number of rotatable bonds is 4. The van der Waals surface area contributed by atoms with Crippen LogP contribution >= 0.6 is 0 Å². The van der Waals surface area contributed by atoms with E-state index >= 15 is 0 Å². The molecule has 70 valence electrons. The Balaban J connectivity index is 2.55. The molecular formula is C10H12FNO. The van der Waals surface area contributed by atoms with E-state index in [4.69, 9.17) is 10.8 Å². The highest BCUT2D eigenvalue weighted by molar-refractivity contribution is 5.02. The first-order valence-corrected chi connectivity index (χ1v) is 4.05. The van der Waals surface area contributed by atoms with Crippen molar-refractivity contribution in [2.24, 2.45) is 0 Å². The molecule has 1 aromatic heterocycles. The molecule has 0 amide bonds. The molecule has 2 nitrogen and oxygen atoms in total. The van der Waals surface area contributed by atoms with E-state index in [0.717, 1.165) is 5.76 Å². The van der Waals surface area contributed by atoms with Crippen LogP contribution < -0.4 is 0 Å². The van der Waals surface area contributed by atoms with Gasteiger partial charge in [0.1, 0.15) is 12.4 Å². The summed E-state index contributed by atoms with van der Waals surface area (Å²) in [6.45, 7) is -0.471. The molecule has 1 atom stereocenters. The SMILES string of the molecule is C#CN(C)C(CF)Cc1ccco1. The minimum absolute atomic E-state index is 0.295. The Morgan fingerprint density at radius 2 is 2.54 bits per heavy atom. The van der Waals surface area contributed by atoms with Crippen LogP contribution in [0.25, 0.3) is 0 Å². The normalized spacial score (nSPS) is 12.1. The monoisotopic (exact) mass is 181 g/mol. The minimum Gasteiger partial charge on any atom is -0.469 e. The van der Waals surface area contributed by atoms with Gasteiger partial charge in [0.2, 0.25) is 0 Å². The van der Waals surface area contributed by atoms with Gasteiger partial charge in [0.15, 0.2) is 0 Å². The fourth-order valence-electron chi connectivity index (χ4n) is 1.06. The van der Waals surface area contributed by atoms with E-state index in [1.807, 2.05) is 6.07 Å². The van der Waals surface area contributed by atoms with E-state index in [2.05, 4.69) is 6.04 Å². The minimum atomic E-state index is -0.471. The van der Waals surface area contributed by atoms with Gasteiger partial charge in [-0.15, -0.1) is 0 Å². The first kappa shape index (κ1) is 9.66. The van der Waals surface area contributed by atoms with Gasteiger partial charge in [-0.05, 0) is 12.1 Å². The number of hydrogen-bond acceptors (Lipinski definition) is 2. The van der Waals surface area contributed by atoms with Crippen LogP contribution in [0.2, 0.25) is 0 Å². The van der Waals surface area contributed by atoms with Crippen molar-refractivity contribution >= 4 is 0 Å². The lowest BCUT2D eigenvalue weighted by Crippen LogP contribution is -2.31. The Kier molecular flexibility index (Phi) is 3.39. The third-order valence-electron chi connectivity index (χ3n) is 1.95. The van der Waals surface area contributed by atoms with E-state index in [1.165, 1.54) is 4.90 Å². The van der Waals surface area contributed by atoms with Crippen LogP contribution in [0.4, 0.5) is 4.39 Å². The smallest absolute Gasteiger partial charge is 0.111 e. The van der Waals surface area contributed by atoms with Crippen molar-refractivity contribution in [3.63, 3.8) is 0 Å². The molecule has 1 heterocycles. The molecule has 1 aromatic rings. The fourth-order valence-corrected chi connectivity index (χ4v) is 1.06. The molecule has 1 unspecified atom stereocenters. The summed E-state index contributed by atoms with van der Waals surface area (Å²) in [6.07, 6.45) is 7.23. The van der Waals surface area contributed by atoms with Crippen molar-refractivity contribution in [1.82, 2.24) is 4.90 Å². The molecule has 1 rings (SSSR count). The predicted octanol–water partition coefficient (Wildman–Crippen LogP) is 1.68. The Morgan fingerprint density at radius 3 is 3.00 bits per heavy atom. The molecule has 0 aliphatic heterocycles. The zero-order valence-corrected chi connectivity index (χ0v) is 7.53. The summed E-state index contributed by atoms with van der Waals surface area (Å²) >= 11 is 0. The van der Waals surface area contributed by atoms with Crippen LogP contribution in [-0.4, -0.2) is 24.7 Å². The highest BCUT2D eigenvalue weighted by Gasteiger charge is 2.13. The second-order valence-corrected chi connectivity index (χ2v) is 2.83. The van der Waals surface area contributed by atoms with Crippen LogP contribution in [-0.2, 0) is 6.42 Å². The largest absolute Gasteiger partial charge is 0.469 e. The maximum Gasteiger partial charge on any atom is 0.111 e. The van der Waals surface area contributed by atoms with Gasteiger partial charge in [0.25, 0.3) is 0 Å². The molecule has 3 heteroatoms. The molecule has 0 saturated carbocycles. The van der Waals surface area contributed by atoms with Gasteiger partial charge < -0.3 is 9.32 Å². The molecule has 0 N–H and O–H groups in total. The van der Waals surface area contributed by atoms with E-state index in [0.29, 0.717) is 6.42 Å². The first-order valence-electron chi connectivity index (χ1n) is 4.05. The summed E-state index contributed by atoms with van der Waals surface area (Å²) in [5.74, 6) is 0.754. The second-order valence-electron chi connectivity index (χ2n) is 2.83.